The fourth-order valence-electron chi connectivity index (χ4n) is 2.39. The van der Waals surface area contributed by atoms with Gasteiger partial charge in [-0.15, -0.1) is 0 Å². The molecule has 0 saturated carbocycles. The van der Waals surface area contributed by atoms with Crippen LogP contribution < -0.4 is 5.43 Å². The fraction of sp³-hybridized carbons (Fsp3) is 0.625. The lowest BCUT2D eigenvalue weighted by Gasteiger charge is -2.35. The van der Waals surface area contributed by atoms with E-state index in [1.165, 1.54) is 6.07 Å². The van der Waals surface area contributed by atoms with Crippen LogP contribution in [0.1, 0.15) is 32.3 Å². The molecular formula is C16H24N2O5. The van der Waals surface area contributed by atoms with Gasteiger partial charge in [-0.1, -0.05) is 0 Å². The zero-order valence-electron chi connectivity index (χ0n) is 14.1. The topological polar surface area (TPSA) is 83.2 Å². The number of aryl methyl sites for hydroxylation is 1. The molecule has 1 aliphatic rings. The number of amides is 1. The van der Waals surface area contributed by atoms with Gasteiger partial charge in [-0.05, 0) is 27.7 Å². The third kappa shape index (κ3) is 4.72. The number of aromatic hydroxyl groups is 1. The molecule has 1 N–H and O–H groups in total. The van der Waals surface area contributed by atoms with E-state index >= 15 is 0 Å². The predicted molar refractivity (Wildman–Crippen MR) is 84.5 cm³/mol. The van der Waals surface area contributed by atoms with Crippen molar-refractivity contribution >= 4 is 6.09 Å². The van der Waals surface area contributed by atoms with E-state index in [0.717, 1.165) is 0 Å². The van der Waals surface area contributed by atoms with E-state index < -0.39 is 11.0 Å². The lowest BCUT2D eigenvalue weighted by atomic mass is 10.2. The summed E-state index contributed by atoms with van der Waals surface area (Å²) in [5, 5.41) is 9.80. The van der Waals surface area contributed by atoms with Crippen molar-refractivity contribution in [3.05, 3.63) is 27.8 Å². The second-order valence-electron chi connectivity index (χ2n) is 6.74. The molecule has 0 aliphatic carbocycles. The zero-order chi connectivity index (χ0) is 17.2. The quantitative estimate of drug-likeness (QED) is 0.891. The second kappa shape index (κ2) is 6.62. The molecule has 0 spiro atoms. The summed E-state index contributed by atoms with van der Waals surface area (Å²) in [6.45, 7) is 9.83. The highest BCUT2D eigenvalue weighted by molar-refractivity contribution is 5.68. The number of carbonyl (C=O) groups excluding carboxylic acids is 1. The van der Waals surface area contributed by atoms with E-state index in [1.54, 1.807) is 11.8 Å². The highest BCUT2D eigenvalue weighted by Crippen LogP contribution is 2.18. The van der Waals surface area contributed by atoms with Crippen LogP contribution in [0.2, 0.25) is 0 Å². The number of hydrogen-bond acceptors (Lipinski definition) is 6. The van der Waals surface area contributed by atoms with Gasteiger partial charge in [0.15, 0.2) is 5.76 Å². The predicted octanol–water partition coefficient (Wildman–Crippen LogP) is 1.71. The van der Waals surface area contributed by atoms with Crippen LogP contribution >= 0.6 is 0 Å². The Morgan fingerprint density at radius 3 is 2.48 bits per heavy atom. The first-order chi connectivity index (χ1) is 10.7. The highest BCUT2D eigenvalue weighted by atomic mass is 16.6. The normalized spacial score (nSPS) is 16.4. The molecule has 0 atom stereocenters. The maximum absolute atomic E-state index is 12.0. The molecular weight excluding hydrogens is 300 g/mol. The van der Waals surface area contributed by atoms with Crippen molar-refractivity contribution < 1.29 is 19.1 Å². The molecule has 2 heterocycles. The number of ether oxygens (including phenoxy) is 1. The molecule has 1 fully saturated rings. The molecule has 1 aromatic heterocycles. The third-order valence-corrected chi connectivity index (χ3v) is 3.51. The molecule has 7 nitrogen and oxygen atoms in total. The van der Waals surface area contributed by atoms with Gasteiger partial charge in [-0.25, -0.2) is 4.79 Å². The van der Waals surface area contributed by atoms with E-state index in [9.17, 15) is 14.7 Å². The summed E-state index contributed by atoms with van der Waals surface area (Å²) < 4.78 is 10.8. The number of piperazine rings is 1. The molecule has 0 unspecified atom stereocenters. The van der Waals surface area contributed by atoms with Gasteiger partial charge in [0.2, 0.25) is 11.2 Å². The van der Waals surface area contributed by atoms with Crippen LogP contribution in [0, 0.1) is 6.92 Å². The summed E-state index contributed by atoms with van der Waals surface area (Å²) in [4.78, 5) is 27.3. The van der Waals surface area contributed by atoms with Crippen LogP contribution in [0.15, 0.2) is 15.3 Å². The van der Waals surface area contributed by atoms with E-state index in [-0.39, 0.29) is 17.6 Å². The Morgan fingerprint density at radius 1 is 1.30 bits per heavy atom. The van der Waals surface area contributed by atoms with E-state index in [1.807, 2.05) is 25.7 Å². The molecule has 1 amide bonds. The van der Waals surface area contributed by atoms with Crippen molar-refractivity contribution in [1.29, 1.82) is 0 Å². The van der Waals surface area contributed by atoms with Gasteiger partial charge in [0, 0.05) is 32.2 Å². The second-order valence-corrected chi connectivity index (χ2v) is 6.74. The smallest absolute Gasteiger partial charge is 0.410 e. The van der Waals surface area contributed by atoms with Crippen molar-refractivity contribution in [3.63, 3.8) is 0 Å². The maximum atomic E-state index is 12.0. The molecule has 1 aromatic rings. The third-order valence-electron chi connectivity index (χ3n) is 3.51. The van der Waals surface area contributed by atoms with Gasteiger partial charge in [-0.2, -0.15) is 0 Å². The lowest BCUT2D eigenvalue weighted by Crippen LogP contribution is -2.49. The average molecular weight is 324 g/mol. The summed E-state index contributed by atoms with van der Waals surface area (Å²) in [6.07, 6.45) is -0.318. The fourth-order valence-corrected chi connectivity index (χ4v) is 2.39. The number of carbonyl (C=O) groups is 1. The van der Waals surface area contributed by atoms with Crippen molar-refractivity contribution in [2.24, 2.45) is 0 Å². The Hall–Kier alpha value is -2.02. The Labute approximate surface area is 135 Å². The van der Waals surface area contributed by atoms with Crippen LogP contribution in [0.25, 0.3) is 0 Å². The van der Waals surface area contributed by atoms with Crippen LogP contribution in [0.4, 0.5) is 4.79 Å². The van der Waals surface area contributed by atoms with Crippen LogP contribution in [-0.4, -0.2) is 52.8 Å². The van der Waals surface area contributed by atoms with Crippen LogP contribution in [0.3, 0.4) is 0 Å². The molecule has 7 heteroatoms. The summed E-state index contributed by atoms with van der Waals surface area (Å²) >= 11 is 0. The van der Waals surface area contributed by atoms with Gasteiger partial charge in [0.25, 0.3) is 0 Å². The molecule has 1 aliphatic heterocycles. The summed E-state index contributed by atoms with van der Waals surface area (Å²) in [7, 11) is 0. The minimum absolute atomic E-state index is 0.265. The first kappa shape index (κ1) is 17.3. The van der Waals surface area contributed by atoms with Crippen molar-refractivity contribution in [1.82, 2.24) is 9.80 Å². The van der Waals surface area contributed by atoms with Crippen LogP contribution in [0.5, 0.6) is 5.75 Å². The van der Waals surface area contributed by atoms with Gasteiger partial charge >= 0.3 is 6.09 Å². The maximum Gasteiger partial charge on any atom is 0.410 e. The molecule has 0 aromatic carbocycles. The van der Waals surface area contributed by atoms with Crippen molar-refractivity contribution in [3.8, 4) is 5.75 Å². The molecule has 0 radical (unpaired) electrons. The van der Waals surface area contributed by atoms with E-state index in [2.05, 4.69) is 0 Å². The Kier molecular flexibility index (Phi) is 4.99. The van der Waals surface area contributed by atoms with Gasteiger partial charge < -0.3 is 19.2 Å². The zero-order valence-corrected chi connectivity index (χ0v) is 14.1. The highest BCUT2D eigenvalue weighted by Gasteiger charge is 2.26. The summed E-state index contributed by atoms with van der Waals surface area (Å²) in [6, 6.07) is 1.26. The van der Waals surface area contributed by atoms with E-state index in [0.29, 0.717) is 38.5 Å². The Morgan fingerprint density at radius 2 is 1.91 bits per heavy atom. The molecule has 0 bridgehead atoms. The monoisotopic (exact) mass is 324 g/mol. The molecule has 128 valence electrons. The minimum Gasteiger partial charge on any atom is -0.502 e. The Balaban J connectivity index is 1.93. The number of hydrogen-bond donors (Lipinski definition) is 1. The molecule has 23 heavy (non-hydrogen) atoms. The standard InChI is InChI=1S/C16H24N2O5/c1-11-9-12(19)14(20)13(22-11)10-17-5-7-18(8-6-17)15(21)23-16(2,3)4/h9,20H,5-8,10H2,1-4H3. The first-order valence-corrected chi connectivity index (χ1v) is 7.68. The average Bonchev–Trinajstić information content (AvgIpc) is 2.43. The number of rotatable bonds is 2. The molecule has 1 saturated heterocycles. The SMILES string of the molecule is Cc1cc(=O)c(O)c(CN2CCN(C(=O)OC(C)(C)C)CC2)o1. The van der Waals surface area contributed by atoms with E-state index in [4.69, 9.17) is 9.15 Å². The minimum atomic E-state index is -0.509. The van der Waals surface area contributed by atoms with Crippen molar-refractivity contribution in [2.75, 3.05) is 26.2 Å². The lowest BCUT2D eigenvalue weighted by molar-refractivity contribution is 0.0133. The number of nitrogens with zero attached hydrogens (tertiary/aromatic N) is 2. The first-order valence-electron chi connectivity index (χ1n) is 7.68. The van der Waals surface area contributed by atoms with Gasteiger partial charge in [0.1, 0.15) is 11.4 Å². The summed E-state index contributed by atoms with van der Waals surface area (Å²) in [5.74, 6) is 0.390. The van der Waals surface area contributed by atoms with Crippen molar-refractivity contribution in [2.45, 2.75) is 39.8 Å². The molecule has 2 rings (SSSR count). The van der Waals surface area contributed by atoms with Gasteiger partial charge in [0.05, 0.1) is 6.54 Å². The van der Waals surface area contributed by atoms with Crippen LogP contribution in [-0.2, 0) is 11.3 Å². The van der Waals surface area contributed by atoms with Gasteiger partial charge in [-0.3, -0.25) is 9.69 Å². The summed E-state index contributed by atoms with van der Waals surface area (Å²) in [5.41, 5.74) is -0.943. The Bertz CT molecular complexity index is 624. The largest absolute Gasteiger partial charge is 0.502 e.